The predicted molar refractivity (Wildman–Crippen MR) is 120 cm³/mol. The van der Waals surface area contributed by atoms with Crippen LogP contribution in [0.3, 0.4) is 0 Å². The van der Waals surface area contributed by atoms with E-state index in [0.29, 0.717) is 12.1 Å². The van der Waals surface area contributed by atoms with Gasteiger partial charge < -0.3 is 4.90 Å². The highest BCUT2D eigenvalue weighted by Gasteiger charge is 2.40. The molecule has 1 heterocycles. The summed E-state index contributed by atoms with van der Waals surface area (Å²) in [5.74, 6) is -0.167. The third kappa shape index (κ3) is 6.58. The van der Waals surface area contributed by atoms with Crippen LogP contribution in [0.25, 0.3) is 0 Å². The van der Waals surface area contributed by atoms with Crippen LogP contribution in [0.5, 0.6) is 0 Å². The van der Waals surface area contributed by atoms with Crippen molar-refractivity contribution in [2.24, 2.45) is 0 Å². The van der Waals surface area contributed by atoms with Crippen LogP contribution in [0, 0.1) is 0 Å². The Labute approximate surface area is 177 Å². The molecule has 0 aliphatic carbocycles. The molecular weight excluding hydrogens is 360 g/mol. The van der Waals surface area contributed by atoms with E-state index in [1.807, 2.05) is 23.1 Å². The first-order chi connectivity index (χ1) is 14.0. The molecule has 1 saturated heterocycles. The molecule has 4 heteroatoms. The van der Waals surface area contributed by atoms with E-state index in [9.17, 15) is 9.59 Å². The summed E-state index contributed by atoms with van der Waals surface area (Å²) in [4.78, 5) is 29.8. The van der Waals surface area contributed by atoms with Gasteiger partial charge in [-0.25, -0.2) is 4.79 Å². The van der Waals surface area contributed by atoms with E-state index < -0.39 is 0 Å². The Morgan fingerprint density at radius 1 is 0.897 bits per heavy atom. The molecule has 1 aliphatic rings. The molecule has 0 aromatic heterocycles. The topological polar surface area (TPSA) is 40.6 Å². The maximum absolute atomic E-state index is 13.4. The van der Waals surface area contributed by atoms with Crippen LogP contribution in [0.2, 0.25) is 0 Å². The highest BCUT2D eigenvalue weighted by molar-refractivity contribution is 6.04. The largest absolute Gasteiger partial charge is 0.327 e. The van der Waals surface area contributed by atoms with Crippen molar-refractivity contribution in [3.05, 3.63) is 35.9 Å². The fourth-order valence-electron chi connectivity index (χ4n) is 4.41. The summed E-state index contributed by atoms with van der Waals surface area (Å²) in [7, 11) is 0. The Bertz CT molecular complexity index is 617. The van der Waals surface area contributed by atoms with Gasteiger partial charge in [0.25, 0.3) is 5.91 Å². The van der Waals surface area contributed by atoms with Gasteiger partial charge in [0.1, 0.15) is 0 Å². The van der Waals surface area contributed by atoms with E-state index >= 15 is 0 Å². The van der Waals surface area contributed by atoms with Crippen LogP contribution in [0.15, 0.2) is 30.3 Å². The first-order valence-corrected chi connectivity index (χ1v) is 11.7. The summed E-state index contributed by atoms with van der Waals surface area (Å²) in [6.45, 7) is 7.98. The zero-order chi connectivity index (χ0) is 21.1. The van der Waals surface area contributed by atoms with E-state index in [4.69, 9.17) is 0 Å². The zero-order valence-electron chi connectivity index (χ0n) is 18.8. The van der Waals surface area contributed by atoms with Gasteiger partial charge in [-0.1, -0.05) is 83.4 Å². The molecule has 0 unspecified atom stereocenters. The van der Waals surface area contributed by atoms with Crippen LogP contribution >= 0.6 is 0 Å². The van der Waals surface area contributed by atoms with Crippen molar-refractivity contribution in [1.82, 2.24) is 9.80 Å². The monoisotopic (exact) mass is 400 g/mol. The molecule has 2 rings (SSSR count). The Morgan fingerprint density at radius 2 is 1.48 bits per heavy atom. The molecule has 1 aliphatic heterocycles. The SMILES string of the molecule is CCCCCCC(C)(CCCCCC)N1CCCN(C(=O)c2ccccc2)C1=O. The minimum atomic E-state index is -0.167. The minimum Gasteiger partial charge on any atom is -0.319 e. The molecule has 162 valence electrons. The molecule has 1 aromatic rings. The lowest BCUT2D eigenvalue weighted by Gasteiger charge is -2.46. The first kappa shape index (κ1) is 23.4. The lowest BCUT2D eigenvalue weighted by Crippen LogP contribution is -2.59. The number of hydrogen-bond donors (Lipinski definition) is 0. The summed E-state index contributed by atoms with van der Waals surface area (Å²) < 4.78 is 0. The number of benzene rings is 1. The summed E-state index contributed by atoms with van der Waals surface area (Å²) in [6.07, 6.45) is 12.6. The average Bonchev–Trinajstić information content (AvgIpc) is 2.75. The first-order valence-electron chi connectivity index (χ1n) is 11.7. The van der Waals surface area contributed by atoms with Gasteiger partial charge in [-0.05, 0) is 38.3 Å². The number of carbonyl (C=O) groups excluding carboxylic acids is 2. The maximum Gasteiger partial charge on any atom is 0.327 e. The number of urea groups is 1. The molecule has 4 nitrogen and oxygen atoms in total. The van der Waals surface area contributed by atoms with Crippen LogP contribution in [0.1, 0.15) is 102 Å². The van der Waals surface area contributed by atoms with Gasteiger partial charge >= 0.3 is 6.03 Å². The number of rotatable bonds is 12. The van der Waals surface area contributed by atoms with Crippen molar-refractivity contribution in [1.29, 1.82) is 0 Å². The van der Waals surface area contributed by atoms with E-state index in [2.05, 4.69) is 20.8 Å². The van der Waals surface area contributed by atoms with Gasteiger partial charge in [-0.2, -0.15) is 0 Å². The number of imide groups is 1. The number of amides is 3. The normalized spacial score (nSPS) is 15.1. The fraction of sp³-hybridized carbons (Fsp3) is 0.680. The van der Waals surface area contributed by atoms with Crippen molar-refractivity contribution in [2.45, 2.75) is 96.9 Å². The van der Waals surface area contributed by atoms with Gasteiger partial charge in [0.15, 0.2) is 0 Å². The van der Waals surface area contributed by atoms with E-state index in [1.54, 1.807) is 12.1 Å². The molecule has 0 N–H and O–H groups in total. The molecule has 1 fully saturated rings. The lowest BCUT2D eigenvalue weighted by molar-refractivity contribution is 0.0464. The number of hydrogen-bond acceptors (Lipinski definition) is 2. The lowest BCUT2D eigenvalue weighted by atomic mass is 9.86. The molecule has 29 heavy (non-hydrogen) atoms. The molecule has 1 aromatic carbocycles. The summed E-state index contributed by atoms with van der Waals surface area (Å²) in [5.41, 5.74) is 0.434. The average molecular weight is 401 g/mol. The predicted octanol–water partition coefficient (Wildman–Crippen LogP) is 6.65. The van der Waals surface area contributed by atoms with E-state index in [0.717, 1.165) is 38.6 Å². The summed E-state index contributed by atoms with van der Waals surface area (Å²) in [5, 5.41) is 0. The molecule has 0 radical (unpaired) electrons. The van der Waals surface area contributed by atoms with Crippen LogP contribution in [0.4, 0.5) is 4.79 Å². The smallest absolute Gasteiger partial charge is 0.319 e. The summed E-state index contributed by atoms with van der Waals surface area (Å²) in [6, 6.07) is 9.09. The van der Waals surface area contributed by atoms with Crippen LogP contribution in [-0.2, 0) is 0 Å². The standard InChI is InChI=1S/C25H40N2O2/c1-4-6-8-13-18-25(3,19-14-9-7-5-2)27-21-15-20-26(24(27)29)23(28)22-16-11-10-12-17-22/h10-12,16-17H,4-9,13-15,18-21H2,1-3H3. The van der Waals surface area contributed by atoms with Crippen molar-refractivity contribution in [3.63, 3.8) is 0 Å². The fourth-order valence-corrected chi connectivity index (χ4v) is 4.41. The maximum atomic E-state index is 13.4. The Kier molecular flexibility index (Phi) is 9.69. The van der Waals surface area contributed by atoms with Crippen LogP contribution in [-0.4, -0.2) is 40.4 Å². The molecule has 0 atom stereocenters. The van der Waals surface area contributed by atoms with Crippen molar-refractivity contribution < 1.29 is 9.59 Å². The van der Waals surface area contributed by atoms with Gasteiger partial charge in [-0.3, -0.25) is 9.69 Å². The number of nitrogens with zero attached hydrogens (tertiary/aromatic N) is 2. The van der Waals surface area contributed by atoms with Gasteiger partial charge in [-0.15, -0.1) is 0 Å². The second-order valence-corrected chi connectivity index (χ2v) is 8.73. The van der Waals surface area contributed by atoms with Crippen molar-refractivity contribution in [3.8, 4) is 0 Å². The third-order valence-electron chi connectivity index (χ3n) is 6.28. The Morgan fingerprint density at radius 3 is 2.03 bits per heavy atom. The molecular formula is C25H40N2O2. The Balaban J connectivity index is 2.12. The van der Waals surface area contributed by atoms with Crippen molar-refractivity contribution in [2.75, 3.05) is 13.1 Å². The highest BCUT2D eigenvalue weighted by atomic mass is 16.2. The number of carbonyl (C=O) groups is 2. The zero-order valence-corrected chi connectivity index (χ0v) is 18.8. The van der Waals surface area contributed by atoms with E-state index in [1.165, 1.54) is 43.4 Å². The second kappa shape index (κ2) is 12.0. The molecule has 3 amide bonds. The quantitative estimate of drug-likeness (QED) is 0.368. The van der Waals surface area contributed by atoms with Crippen LogP contribution < -0.4 is 0 Å². The minimum absolute atomic E-state index is 0.0985. The third-order valence-corrected chi connectivity index (χ3v) is 6.28. The molecule has 0 saturated carbocycles. The second-order valence-electron chi connectivity index (χ2n) is 8.73. The Hall–Kier alpha value is -1.84. The van der Waals surface area contributed by atoms with Gasteiger partial charge in [0.05, 0.1) is 0 Å². The van der Waals surface area contributed by atoms with E-state index in [-0.39, 0.29) is 17.5 Å². The molecule has 0 bridgehead atoms. The summed E-state index contributed by atoms with van der Waals surface area (Å²) >= 11 is 0. The van der Waals surface area contributed by atoms with Crippen molar-refractivity contribution >= 4 is 11.9 Å². The van der Waals surface area contributed by atoms with Gasteiger partial charge in [0, 0.05) is 24.2 Å². The highest BCUT2D eigenvalue weighted by Crippen LogP contribution is 2.32. The number of unbranched alkanes of at least 4 members (excludes halogenated alkanes) is 6. The van der Waals surface area contributed by atoms with Gasteiger partial charge in [0.2, 0.25) is 0 Å². The molecule has 0 spiro atoms.